The first kappa shape index (κ1) is 9.19. The van der Waals surface area contributed by atoms with E-state index in [1.165, 1.54) is 5.57 Å². The molecule has 1 heterocycles. The maximum Gasteiger partial charge on any atom is 0.164 e. The molecule has 3 nitrogen and oxygen atoms in total. The first-order valence-electron chi connectivity index (χ1n) is 4.69. The van der Waals surface area contributed by atoms with Crippen LogP contribution in [0, 0.1) is 0 Å². The molecule has 3 atom stereocenters. The van der Waals surface area contributed by atoms with Gasteiger partial charge in [0.1, 0.15) is 12.2 Å². The zero-order valence-electron chi connectivity index (χ0n) is 8.28. The van der Waals surface area contributed by atoms with Crippen molar-refractivity contribution in [2.75, 3.05) is 0 Å². The van der Waals surface area contributed by atoms with Crippen LogP contribution in [0.4, 0.5) is 0 Å². The molecule has 13 heavy (non-hydrogen) atoms. The van der Waals surface area contributed by atoms with Gasteiger partial charge in [-0.15, -0.1) is 0 Å². The Morgan fingerprint density at radius 3 is 2.85 bits per heavy atom. The number of aliphatic hydroxyl groups is 1. The van der Waals surface area contributed by atoms with Crippen LogP contribution in [0.2, 0.25) is 0 Å². The van der Waals surface area contributed by atoms with E-state index in [1.807, 2.05) is 26.8 Å². The van der Waals surface area contributed by atoms with Gasteiger partial charge in [0, 0.05) is 0 Å². The lowest BCUT2D eigenvalue weighted by Crippen LogP contribution is -2.37. The number of hydrogen-bond acceptors (Lipinski definition) is 3. The van der Waals surface area contributed by atoms with Gasteiger partial charge in [-0.1, -0.05) is 11.6 Å². The Morgan fingerprint density at radius 2 is 2.15 bits per heavy atom. The van der Waals surface area contributed by atoms with E-state index in [9.17, 15) is 5.11 Å². The smallest absolute Gasteiger partial charge is 0.164 e. The van der Waals surface area contributed by atoms with Crippen molar-refractivity contribution in [2.24, 2.45) is 0 Å². The van der Waals surface area contributed by atoms with Crippen LogP contribution in [0.3, 0.4) is 0 Å². The van der Waals surface area contributed by atoms with Crippen LogP contribution in [0.1, 0.15) is 27.2 Å². The highest BCUT2D eigenvalue weighted by atomic mass is 16.8. The van der Waals surface area contributed by atoms with Gasteiger partial charge in [0.15, 0.2) is 5.79 Å². The number of ether oxygens (including phenoxy) is 2. The summed E-state index contributed by atoms with van der Waals surface area (Å²) in [6, 6.07) is 0. The molecule has 1 N–H and O–H groups in total. The Balaban J connectivity index is 2.21. The summed E-state index contributed by atoms with van der Waals surface area (Å²) >= 11 is 0. The van der Waals surface area contributed by atoms with Crippen molar-refractivity contribution in [1.29, 1.82) is 0 Å². The first-order valence-corrected chi connectivity index (χ1v) is 4.69. The molecule has 0 aromatic carbocycles. The molecule has 0 spiro atoms. The summed E-state index contributed by atoms with van der Waals surface area (Å²) in [4.78, 5) is 0. The molecule has 2 aliphatic rings. The fourth-order valence-electron chi connectivity index (χ4n) is 2.04. The summed E-state index contributed by atoms with van der Waals surface area (Å²) in [5.74, 6) is -0.558. The molecule has 1 saturated heterocycles. The molecule has 1 aliphatic heterocycles. The van der Waals surface area contributed by atoms with Crippen molar-refractivity contribution < 1.29 is 14.6 Å². The van der Waals surface area contributed by atoms with Gasteiger partial charge in [0.25, 0.3) is 0 Å². The van der Waals surface area contributed by atoms with E-state index in [4.69, 9.17) is 9.47 Å². The third-order valence-corrected chi connectivity index (χ3v) is 2.52. The molecule has 3 heteroatoms. The van der Waals surface area contributed by atoms with Crippen LogP contribution in [-0.2, 0) is 9.47 Å². The van der Waals surface area contributed by atoms with E-state index in [0.717, 1.165) is 0 Å². The van der Waals surface area contributed by atoms with Crippen LogP contribution in [0.5, 0.6) is 0 Å². The summed E-state index contributed by atoms with van der Waals surface area (Å²) in [7, 11) is 0. The lowest BCUT2D eigenvalue weighted by atomic mass is 9.93. The fourth-order valence-corrected chi connectivity index (χ4v) is 2.04. The average Bonchev–Trinajstić information content (AvgIpc) is 2.23. The van der Waals surface area contributed by atoms with Crippen molar-refractivity contribution in [1.82, 2.24) is 0 Å². The van der Waals surface area contributed by atoms with Crippen molar-refractivity contribution in [3.8, 4) is 0 Å². The number of hydrogen-bond donors (Lipinski definition) is 1. The molecule has 1 aliphatic carbocycles. The zero-order valence-corrected chi connectivity index (χ0v) is 8.28. The van der Waals surface area contributed by atoms with Crippen molar-refractivity contribution in [3.05, 3.63) is 11.6 Å². The van der Waals surface area contributed by atoms with E-state index < -0.39 is 11.9 Å². The van der Waals surface area contributed by atoms with Crippen LogP contribution < -0.4 is 0 Å². The topological polar surface area (TPSA) is 38.7 Å². The lowest BCUT2D eigenvalue weighted by Gasteiger charge is -2.25. The van der Waals surface area contributed by atoms with Crippen LogP contribution in [-0.4, -0.2) is 29.2 Å². The minimum Gasteiger partial charge on any atom is -0.390 e. The van der Waals surface area contributed by atoms with Gasteiger partial charge in [-0.3, -0.25) is 0 Å². The second-order valence-corrected chi connectivity index (χ2v) is 4.35. The molecule has 0 unspecified atom stereocenters. The quantitative estimate of drug-likeness (QED) is 0.575. The first-order chi connectivity index (χ1) is 5.98. The molecule has 0 bridgehead atoms. The van der Waals surface area contributed by atoms with Gasteiger partial charge in [-0.25, -0.2) is 0 Å². The maximum absolute atomic E-state index is 9.74. The third kappa shape index (κ3) is 1.64. The molecule has 0 aromatic heterocycles. The molecule has 0 aromatic rings. The lowest BCUT2D eigenvalue weighted by molar-refractivity contribution is -0.152. The SMILES string of the molecule is CC1=C[C@@H]2OC(C)(C)O[C@@H]2[C@H](O)C1. The van der Waals surface area contributed by atoms with Crippen molar-refractivity contribution in [2.45, 2.75) is 51.3 Å². The van der Waals surface area contributed by atoms with Gasteiger partial charge < -0.3 is 14.6 Å². The second-order valence-electron chi connectivity index (χ2n) is 4.35. The fraction of sp³-hybridized carbons (Fsp3) is 0.800. The van der Waals surface area contributed by atoms with E-state index in [0.29, 0.717) is 6.42 Å². The monoisotopic (exact) mass is 184 g/mol. The summed E-state index contributed by atoms with van der Waals surface area (Å²) in [5, 5.41) is 9.74. The second kappa shape index (κ2) is 2.80. The van der Waals surface area contributed by atoms with Crippen LogP contribution >= 0.6 is 0 Å². The van der Waals surface area contributed by atoms with Crippen molar-refractivity contribution >= 4 is 0 Å². The molecular formula is C10H16O3. The van der Waals surface area contributed by atoms with E-state index in [2.05, 4.69) is 0 Å². The van der Waals surface area contributed by atoms with E-state index in [1.54, 1.807) is 0 Å². The molecule has 0 saturated carbocycles. The molecule has 2 rings (SSSR count). The zero-order chi connectivity index (χ0) is 9.64. The van der Waals surface area contributed by atoms with E-state index >= 15 is 0 Å². The highest BCUT2D eigenvalue weighted by molar-refractivity contribution is 5.14. The summed E-state index contributed by atoms with van der Waals surface area (Å²) in [6.45, 7) is 5.76. The van der Waals surface area contributed by atoms with E-state index in [-0.39, 0.29) is 12.2 Å². The van der Waals surface area contributed by atoms with Gasteiger partial charge in [0.2, 0.25) is 0 Å². The van der Waals surface area contributed by atoms with Crippen LogP contribution in [0.15, 0.2) is 11.6 Å². The largest absolute Gasteiger partial charge is 0.390 e. The van der Waals surface area contributed by atoms with Gasteiger partial charge in [-0.2, -0.15) is 0 Å². The molecular weight excluding hydrogens is 168 g/mol. The van der Waals surface area contributed by atoms with Crippen LogP contribution in [0.25, 0.3) is 0 Å². The number of aliphatic hydroxyl groups excluding tert-OH is 1. The molecule has 1 fully saturated rings. The molecule has 0 radical (unpaired) electrons. The standard InChI is InChI=1S/C10H16O3/c1-6-4-7(11)9-8(5-6)12-10(2,3)13-9/h5,7-9,11H,4H2,1-3H3/t7-,8+,9-/m1/s1. The van der Waals surface area contributed by atoms with Gasteiger partial charge in [0.05, 0.1) is 6.10 Å². The van der Waals surface area contributed by atoms with Gasteiger partial charge >= 0.3 is 0 Å². The highest BCUT2D eigenvalue weighted by Crippen LogP contribution is 2.35. The highest BCUT2D eigenvalue weighted by Gasteiger charge is 2.45. The third-order valence-electron chi connectivity index (χ3n) is 2.52. The Labute approximate surface area is 78.3 Å². The van der Waals surface area contributed by atoms with Gasteiger partial charge in [-0.05, 0) is 27.2 Å². The minimum absolute atomic E-state index is 0.0706. The Kier molecular flexibility index (Phi) is 1.98. The Bertz CT molecular complexity index is 245. The average molecular weight is 184 g/mol. The minimum atomic E-state index is -0.558. The number of fused-ring (bicyclic) bond motifs is 1. The van der Waals surface area contributed by atoms with Crippen molar-refractivity contribution in [3.63, 3.8) is 0 Å². The normalized spacial score (nSPS) is 42.8. The maximum atomic E-state index is 9.74. The predicted octanol–water partition coefficient (Wildman–Crippen LogP) is 1.22. The molecule has 0 amide bonds. The Morgan fingerprint density at radius 1 is 1.46 bits per heavy atom. The summed E-state index contributed by atoms with van der Waals surface area (Å²) in [6.07, 6.45) is 2.07. The Hall–Kier alpha value is -0.380. The predicted molar refractivity (Wildman–Crippen MR) is 48.2 cm³/mol. The summed E-state index contributed by atoms with van der Waals surface area (Å²) < 4.78 is 11.2. The molecule has 74 valence electrons. The summed E-state index contributed by atoms with van der Waals surface area (Å²) in [5.41, 5.74) is 1.18. The number of rotatable bonds is 0.